The Morgan fingerprint density at radius 3 is 2.71 bits per heavy atom. The number of ether oxygens (including phenoxy) is 1. The van der Waals surface area contributed by atoms with Gasteiger partial charge in [0, 0.05) is 12.4 Å². The first-order chi connectivity index (χ1) is 10.2. The molecule has 1 aromatic heterocycles. The molecule has 2 rings (SSSR count). The molecule has 0 atom stereocenters. The van der Waals surface area contributed by atoms with Crippen molar-refractivity contribution < 1.29 is 9.53 Å². The molecular weight excluding hydrogens is 264 g/mol. The maximum Gasteiger partial charge on any atom is 0.163 e. The number of hydrogen-bond acceptors (Lipinski definition) is 4. The minimum absolute atomic E-state index is 0.0661. The van der Waals surface area contributed by atoms with Crippen LogP contribution in [0.3, 0.4) is 0 Å². The molecular formula is C17H16N2O2. The summed E-state index contributed by atoms with van der Waals surface area (Å²) in [7, 11) is 0. The lowest BCUT2D eigenvalue weighted by Gasteiger charge is -2.10. The molecule has 1 heterocycles. The highest BCUT2D eigenvalue weighted by molar-refractivity contribution is 5.97. The Kier molecular flexibility index (Phi) is 5.05. The van der Waals surface area contributed by atoms with E-state index in [1.807, 2.05) is 12.1 Å². The molecule has 106 valence electrons. The summed E-state index contributed by atoms with van der Waals surface area (Å²) in [5.41, 5.74) is 2.20. The number of carbonyl (C=O) groups is 1. The average molecular weight is 280 g/mol. The smallest absolute Gasteiger partial charge is 0.163 e. The van der Waals surface area contributed by atoms with Crippen molar-refractivity contribution in [3.05, 3.63) is 59.4 Å². The lowest BCUT2D eigenvalue weighted by molar-refractivity contribution is 0.101. The quantitative estimate of drug-likeness (QED) is 0.602. The van der Waals surface area contributed by atoms with Crippen LogP contribution in [0.1, 0.15) is 34.8 Å². The van der Waals surface area contributed by atoms with Crippen LogP contribution in [0.2, 0.25) is 0 Å². The SMILES string of the molecule is CC(=O)c1ccc(C#N)cc1OCCCc1ccncc1. The van der Waals surface area contributed by atoms with Gasteiger partial charge < -0.3 is 4.74 Å². The van der Waals surface area contributed by atoms with Crippen LogP contribution in [-0.2, 0) is 6.42 Å². The summed E-state index contributed by atoms with van der Waals surface area (Å²) < 4.78 is 5.68. The second-order valence-electron chi connectivity index (χ2n) is 4.69. The lowest BCUT2D eigenvalue weighted by Crippen LogP contribution is -2.04. The Hall–Kier alpha value is -2.67. The molecule has 0 saturated heterocycles. The van der Waals surface area contributed by atoms with Crippen molar-refractivity contribution in [2.24, 2.45) is 0 Å². The molecule has 0 spiro atoms. The minimum atomic E-state index is -0.0661. The van der Waals surface area contributed by atoms with Gasteiger partial charge in [0.2, 0.25) is 0 Å². The third-order valence-corrected chi connectivity index (χ3v) is 3.11. The molecule has 4 heteroatoms. The van der Waals surface area contributed by atoms with Gasteiger partial charge in [0.15, 0.2) is 5.78 Å². The monoisotopic (exact) mass is 280 g/mol. The van der Waals surface area contributed by atoms with Crippen LogP contribution in [0.4, 0.5) is 0 Å². The van der Waals surface area contributed by atoms with Gasteiger partial charge >= 0.3 is 0 Å². The molecule has 21 heavy (non-hydrogen) atoms. The molecule has 4 nitrogen and oxygen atoms in total. The van der Waals surface area contributed by atoms with E-state index in [4.69, 9.17) is 10.00 Å². The Morgan fingerprint density at radius 2 is 2.05 bits per heavy atom. The number of ketones is 1. The van der Waals surface area contributed by atoms with Crippen molar-refractivity contribution in [3.63, 3.8) is 0 Å². The number of pyridine rings is 1. The van der Waals surface area contributed by atoms with Crippen LogP contribution in [0.15, 0.2) is 42.7 Å². The number of rotatable bonds is 6. The van der Waals surface area contributed by atoms with Crippen LogP contribution in [-0.4, -0.2) is 17.4 Å². The van der Waals surface area contributed by atoms with Crippen molar-refractivity contribution >= 4 is 5.78 Å². The fourth-order valence-electron chi connectivity index (χ4n) is 2.01. The molecule has 0 aliphatic rings. The maximum absolute atomic E-state index is 11.6. The lowest BCUT2D eigenvalue weighted by atomic mass is 10.1. The van der Waals surface area contributed by atoms with Gasteiger partial charge in [-0.05, 0) is 55.7 Å². The summed E-state index contributed by atoms with van der Waals surface area (Å²) >= 11 is 0. The number of Topliss-reactive ketones (excluding diaryl/α,β-unsaturated/α-hetero) is 1. The highest BCUT2D eigenvalue weighted by Crippen LogP contribution is 2.21. The van der Waals surface area contributed by atoms with Gasteiger partial charge in [0.1, 0.15) is 5.75 Å². The summed E-state index contributed by atoms with van der Waals surface area (Å²) in [4.78, 5) is 15.5. The second-order valence-corrected chi connectivity index (χ2v) is 4.69. The molecule has 0 aliphatic heterocycles. The summed E-state index contributed by atoms with van der Waals surface area (Å²) in [6.45, 7) is 1.99. The van der Waals surface area contributed by atoms with Crippen LogP contribution < -0.4 is 4.74 Å². The highest BCUT2D eigenvalue weighted by Gasteiger charge is 2.09. The van der Waals surface area contributed by atoms with Gasteiger partial charge in [0.25, 0.3) is 0 Å². The van der Waals surface area contributed by atoms with E-state index >= 15 is 0 Å². The topological polar surface area (TPSA) is 63.0 Å². The number of hydrogen-bond donors (Lipinski definition) is 0. The van der Waals surface area contributed by atoms with Crippen molar-refractivity contribution in [2.75, 3.05) is 6.61 Å². The van der Waals surface area contributed by atoms with Crippen molar-refractivity contribution in [1.82, 2.24) is 4.98 Å². The zero-order valence-electron chi connectivity index (χ0n) is 11.9. The molecule has 0 N–H and O–H groups in total. The van der Waals surface area contributed by atoms with Gasteiger partial charge in [-0.15, -0.1) is 0 Å². The van der Waals surface area contributed by atoms with E-state index in [-0.39, 0.29) is 5.78 Å². The first-order valence-corrected chi connectivity index (χ1v) is 6.77. The Morgan fingerprint density at radius 1 is 1.29 bits per heavy atom. The van der Waals surface area contributed by atoms with E-state index in [2.05, 4.69) is 11.1 Å². The van der Waals surface area contributed by atoms with E-state index in [1.165, 1.54) is 12.5 Å². The molecule has 2 aromatic rings. The van der Waals surface area contributed by atoms with Gasteiger partial charge in [0.05, 0.1) is 23.8 Å². The van der Waals surface area contributed by atoms with Crippen LogP contribution in [0.5, 0.6) is 5.75 Å². The summed E-state index contributed by atoms with van der Waals surface area (Å²) in [5.74, 6) is 0.417. The first kappa shape index (κ1) is 14.7. The fraction of sp³-hybridized carbons (Fsp3) is 0.235. The zero-order chi connectivity index (χ0) is 15.1. The number of aromatic nitrogens is 1. The molecule has 0 bridgehead atoms. The fourth-order valence-corrected chi connectivity index (χ4v) is 2.01. The van der Waals surface area contributed by atoms with Crippen molar-refractivity contribution in [1.29, 1.82) is 5.26 Å². The highest BCUT2D eigenvalue weighted by atomic mass is 16.5. The first-order valence-electron chi connectivity index (χ1n) is 6.77. The summed E-state index contributed by atoms with van der Waals surface area (Å²) in [6.07, 6.45) is 5.24. The van der Waals surface area contributed by atoms with Crippen LogP contribution in [0.25, 0.3) is 0 Å². The predicted molar refractivity (Wildman–Crippen MR) is 79.2 cm³/mol. The number of nitriles is 1. The number of nitrogens with zero attached hydrogens (tertiary/aromatic N) is 2. The molecule has 1 aromatic carbocycles. The van der Waals surface area contributed by atoms with Gasteiger partial charge in [-0.2, -0.15) is 5.26 Å². The maximum atomic E-state index is 11.6. The Balaban J connectivity index is 1.96. The largest absolute Gasteiger partial charge is 0.493 e. The van der Waals surface area contributed by atoms with E-state index in [1.54, 1.807) is 30.6 Å². The molecule has 0 amide bonds. The number of aryl methyl sites for hydroxylation is 1. The Bertz CT molecular complexity index is 660. The van der Waals surface area contributed by atoms with E-state index < -0.39 is 0 Å². The van der Waals surface area contributed by atoms with Crippen molar-refractivity contribution in [2.45, 2.75) is 19.8 Å². The number of carbonyl (C=O) groups excluding carboxylic acids is 1. The zero-order valence-corrected chi connectivity index (χ0v) is 11.9. The van der Waals surface area contributed by atoms with E-state index in [0.717, 1.165) is 12.8 Å². The second kappa shape index (κ2) is 7.20. The Labute approximate surface area is 124 Å². The molecule has 0 unspecified atom stereocenters. The molecule has 0 radical (unpaired) electrons. The van der Waals surface area contributed by atoms with Gasteiger partial charge in [-0.25, -0.2) is 0 Å². The minimum Gasteiger partial charge on any atom is -0.493 e. The van der Waals surface area contributed by atoms with Gasteiger partial charge in [-0.3, -0.25) is 9.78 Å². The standard InChI is InChI=1S/C17H16N2O2/c1-13(20)16-5-4-15(12-18)11-17(16)21-10-2-3-14-6-8-19-9-7-14/h4-9,11H,2-3,10H2,1H3. The van der Waals surface area contributed by atoms with Crippen LogP contribution >= 0.6 is 0 Å². The molecule has 0 aliphatic carbocycles. The molecule has 0 fully saturated rings. The summed E-state index contributed by atoms with van der Waals surface area (Å²) in [6, 6.07) is 10.9. The number of benzene rings is 1. The van der Waals surface area contributed by atoms with E-state index in [9.17, 15) is 4.79 Å². The average Bonchev–Trinajstić information content (AvgIpc) is 2.52. The summed E-state index contributed by atoms with van der Waals surface area (Å²) in [5, 5.41) is 8.92. The van der Waals surface area contributed by atoms with E-state index in [0.29, 0.717) is 23.5 Å². The normalized spacial score (nSPS) is 9.90. The third kappa shape index (κ3) is 4.15. The van der Waals surface area contributed by atoms with Crippen molar-refractivity contribution in [3.8, 4) is 11.8 Å². The van der Waals surface area contributed by atoms with Crippen LogP contribution in [0, 0.1) is 11.3 Å². The third-order valence-electron chi connectivity index (χ3n) is 3.11. The predicted octanol–water partition coefficient (Wildman–Crippen LogP) is 3.17. The van der Waals surface area contributed by atoms with Gasteiger partial charge in [-0.1, -0.05) is 0 Å². The molecule has 0 saturated carbocycles.